The molecule has 0 heterocycles. The van der Waals surface area contributed by atoms with E-state index in [2.05, 4.69) is 0 Å². The first-order chi connectivity index (χ1) is 8.72. The molecule has 0 radical (unpaired) electrons. The second-order valence-electron chi connectivity index (χ2n) is 3.91. The van der Waals surface area contributed by atoms with Gasteiger partial charge in [0.2, 0.25) is 0 Å². The monoisotopic (exact) mass is 244 g/mol. The quantitative estimate of drug-likeness (QED) is 0.818. The van der Waals surface area contributed by atoms with Crippen LogP contribution < -0.4 is 0 Å². The molecule has 18 heavy (non-hydrogen) atoms. The van der Waals surface area contributed by atoms with Crippen molar-refractivity contribution in [2.24, 2.45) is 0 Å². The minimum absolute atomic E-state index is 0.0185. The molecular weight excluding hydrogens is 232 g/mol. The standard InChI is InChI=1S/C14H12O4/c15-9-18-8-11-4-2-5-12-10(7-14(16)17)3-1-6-13(11)12/h1-6,9H,7-8H2,(H,16,17). The van der Waals surface area contributed by atoms with Crippen molar-refractivity contribution in [3.05, 3.63) is 47.5 Å². The molecule has 0 amide bonds. The van der Waals surface area contributed by atoms with E-state index >= 15 is 0 Å². The van der Waals surface area contributed by atoms with Crippen LogP contribution in [0.25, 0.3) is 10.8 Å². The van der Waals surface area contributed by atoms with Crippen LogP contribution in [0.4, 0.5) is 0 Å². The van der Waals surface area contributed by atoms with Crippen LogP contribution in [0.5, 0.6) is 0 Å². The highest BCUT2D eigenvalue weighted by atomic mass is 16.5. The lowest BCUT2D eigenvalue weighted by atomic mass is 9.99. The van der Waals surface area contributed by atoms with E-state index in [1.807, 2.05) is 30.3 Å². The van der Waals surface area contributed by atoms with Gasteiger partial charge in [0.1, 0.15) is 6.61 Å². The van der Waals surface area contributed by atoms with E-state index in [1.54, 1.807) is 6.07 Å². The number of rotatable bonds is 5. The lowest BCUT2D eigenvalue weighted by molar-refractivity contribution is -0.136. The third-order valence-corrected chi connectivity index (χ3v) is 2.75. The van der Waals surface area contributed by atoms with Gasteiger partial charge >= 0.3 is 5.97 Å². The van der Waals surface area contributed by atoms with Gasteiger partial charge in [-0.25, -0.2) is 0 Å². The van der Waals surface area contributed by atoms with E-state index in [-0.39, 0.29) is 13.0 Å². The van der Waals surface area contributed by atoms with Gasteiger partial charge in [-0.05, 0) is 21.9 Å². The van der Waals surface area contributed by atoms with Crippen LogP contribution in [0.3, 0.4) is 0 Å². The Bertz CT molecular complexity index is 589. The van der Waals surface area contributed by atoms with Crippen molar-refractivity contribution in [2.45, 2.75) is 13.0 Å². The molecule has 4 nitrogen and oxygen atoms in total. The average Bonchev–Trinajstić information content (AvgIpc) is 2.36. The van der Waals surface area contributed by atoms with Crippen molar-refractivity contribution in [1.82, 2.24) is 0 Å². The van der Waals surface area contributed by atoms with E-state index in [9.17, 15) is 9.59 Å². The molecule has 0 aliphatic heterocycles. The summed E-state index contributed by atoms with van der Waals surface area (Å²) < 4.78 is 4.75. The fraction of sp³-hybridized carbons (Fsp3) is 0.143. The number of ether oxygens (including phenoxy) is 1. The fourth-order valence-corrected chi connectivity index (χ4v) is 2.01. The molecule has 92 valence electrons. The van der Waals surface area contributed by atoms with E-state index in [4.69, 9.17) is 9.84 Å². The molecule has 0 fully saturated rings. The third kappa shape index (κ3) is 2.48. The van der Waals surface area contributed by atoms with Gasteiger partial charge in [0.25, 0.3) is 6.47 Å². The van der Waals surface area contributed by atoms with Gasteiger partial charge in [-0.1, -0.05) is 36.4 Å². The van der Waals surface area contributed by atoms with Gasteiger partial charge in [0, 0.05) is 0 Å². The molecule has 0 aromatic heterocycles. The molecule has 0 aliphatic rings. The average molecular weight is 244 g/mol. The molecule has 0 spiro atoms. The molecule has 2 rings (SSSR count). The Balaban J connectivity index is 2.50. The minimum Gasteiger partial charge on any atom is -0.481 e. The summed E-state index contributed by atoms with van der Waals surface area (Å²) in [6.45, 7) is 0.595. The van der Waals surface area contributed by atoms with E-state index in [0.29, 0.717) is 6.47 Å². The number of benzene rings is 2. The Labute approximate surface area is 104 Å². The number of aliphatic carboxylic acids is 1. The van der Waals surface area contributed by atoms with Crippen molar-refractivity contribution in [1.29, 1.82) is 0 Å². The summed E-state index contributed by atoms with van der Waals surface area (Å²) in [5.41, 5.74) is 1.62. The summed E-state index contributed by atoms with van der Waals surface area (Å²) in [6, 6.07) is 11.1. The lowest BCUT2D eigenvalue weighted by Gasteiger charge is -2.08. The number of hydrogen-bond acceptors (Lipinski definition) is 3. The first-order valence-corrected chi connectivity index (χ1v) is 5.49. The van der Waals surface area contributed by atoms with Gasteiger partial charge in [0.05, 0.1) is 6.42 Å². The number of hydrogen-bond donors (Lipinski definition) is 1. The molecule has 2 aromatic rings. The molecule has 0 aliphatic carbocycles. The van der Waals surface area contributed by atoms with Crippen LogP contribution in [0.1, 0.15) is 11.1 Å². The van der Waals surface area contributed by atoms with Crippen LogP contribution in [-0.4, -0.2) is 17.5 Å². The molecule has 0 unspecified atom stereocenters. The molecule has 0 saturated heterocycles. The Morgan fingerprint density at radius 2 is 1.72 bits per heavy atom. The van der Waals surface area contributed by atoms with Crippen molar-refractivity contribution in [3.63, 3.8) is 0 Å². The lowest BCUT2D eigenvalue weighted by Crippen LogP contribution is -2.01. The maximum absolute atomic E-state index is 10.8. The van der Waals surface area contributed by atoms with E-state index in [0.717, 1.165) is 21.9 Å². The fourth-order valence-electron chi connectivity index (χ4n) is 2.01. The van der Waals surface area contributed by atoms with Crippen LogP contribution in [0.15, 0.2) is 36.4 Å². The van der Waals surface area contributed by atoms with Gasteiger partial charge < -0.3 is 9.84 Å². The topological polar surface area (TPSA) is 63.6 Å². The number of carboxylic acids is 1. The zero-order valence-corrected chi connectivity index (χ0v) is 9.63. The van der Waals surface area contributed by atoms with Crippen LogP contribution in [-0.2, 0) is 27.4 Å². The highest BCUT2D eigenvalue weighted by Crippen LogP contribution is 2.23. The van der Waals surface area contributed by atoms with E-state index < -0.39 is 5.97 Å². The molecule has 1 N–H and O–H groups in total. The molecule has 0 saturated carbocycles. The third-order valence-electron chi connectivity index (χ3n) is 2.75. The first kappa shape index (κ1) is 12.1. The highest BCUT2D eigenvalue weighted by Gasteiger charge is 2.07. The second-order valence-corrected chi connectivity index (χ2v) is 3.91. The summed E-state index contributed by atoms with van der Waals surface area (Å²) in [7, 11) is 0. The maximum atomic E-state index is 10.8. The summed E-state index contributed by atoms with van der Waals surface area (Å²) in [5.74, 6) is -0.864. The largest absolute Gasteiger partial charge is 0.481 e. The molecule has 2 aromatic carbocycles. The van der Waals surface area contributed by atoms with Gasteiger partial charge in [-0.15, -0.1) is 0 Å². The maximum Gasteiger partial charge on any atom is 0.307 e. The zero-order chi connectivity index (χ0) is 13.0. The van der Waals surface area contributed by atoms with Crippen LogP contribution >= 0.6 is 0 Å². The summed E-state index contributed by atoms with van der Waals surface area (Å²) in [6.07, 6.45) is -0.0185. The van der Waals surface area contributed by atoms with Crippen molar-refractivity contribution in [2.75, 3.05) is 0 Å². The Hall–Kier alpha value is -2.36. The number of fused-ring (bicyclic) bond motifs is 1. The van der Waals surface area contributed by atoms with Crippen molar-refractivity contribution in [3.8, 4) is 0 Å². The zero-order valence-electron chi connectivity index (χ0n) is 9.63. The summed E-state index contributed by atoms with van der Waals surface area (Å²) >= 11 is 0. The Morgan fingerprint density at radius 3 is 2.33 bits per heavy atom. The van der Waals surface area contributed by atoms with Crippen molar-refractivity contribution >= 4 is 23.2 Å². The number of carbonyl (C=O) groups excluding carboxylic acids is 1. The van der Waals surface area contributed by atoms with Gasteiger partial charge in [-0.3, -0.25) is 9.59 Å². The van der Waals surface area contributed by atoms with Crippen LogP contribution in [0, 0.1) is 0 Å². The second kappa shape index (κ2) is 5.31. The molecule has 4 heteroatoms. The Morgan fingerprint density at radius 1 is 1.11 bits per heavy atom. The smallest absolute Gasteiger partial charge is 0.307 e. The van der Waals surface area contributed by atoms with Gasteiger partial charge in [0.15, 0.2) is 0 Å². The SMILES string of the molecule is O=COCc1cccc2c(CC(=O)O)cccc12. The van der Waals surface area contributed by atoms with Crippen LogP contribution in [0.2, 0.25) is 0 Å². The molecule has 0 bridgehead atoms. The highest BCUT2D eigenvalue weighted by molar-refractivity contribution is 5.91. The van der Waals surface area contributed by atoms with Gasteiger partial charge in [-0.2, -0.15) is 0 Å². The predicted molar refractivity (Wildman–Crippen MR) is 66.1 cm³/mol. The van der Waals surface area contributed by atoms with Crippen molar-refractivity contribution < 1.29 is 19.4 Å². The molecule has 0 atom stereocenters. The Kier molecular flexibility index (Phi) is 3.57. The first-order valence-electron chi connectivity index (χ1n) is 5.49. The molecular formula is C14H12O4. The normalized spacial score (nSPS) is 10.2. The summed E-state index contributed by atoms with van der Waals surface area (Å²) in [4.78, 5) is 21.0. The van der Waals surface area contributed by atoms with E-state index in [1.165, 1.54) is 0 Å². The minimum atomic E-state index is -0.864. The predicted octanol–water partition coefficient (Wildman–Crippen LogP) is 2.14. The number of carboxylic acid groups (broad SMARTS) is 1. The summed E-state index contributed by atoms with van der Waals surface area (Å²) in [5, 5.41) is 10.7. The number of carbonyl (C=O) groups is 2.